The fourth-order valence-corrected chi connectivity index (χ4v) is 3.40. The Balaban J connectivity index is 1.63. The Morgan fingerprint density at radius 3 is 2.62 bits per heavy atom. The summed E-state index contributed by atoms with van der Waals surface area (Å²) in [5.41, 5.74) is 5.87. The van der Waals surface area contributed by atoms with Gasteiger partial charge in [0.2, 0.25) is 0 Å². The molecule has 132 valence electrons. The van der Waals surface area contributed by atoms with E-state index in [-0.39, 0.29) is 5.91 Å². The number of nitrogens with zero attached hydrogens (tertiary/aromatic N) is 2. The first-order valence-electron chi connectivity index (χ1n) is 8.63. The molecule has 0 radical (unpaired) electrons. The van der Waals surface area contributed by atoms with Gasteiger partial charge in [-0.1, -0.05) is 22.8 Å². The van der Waals surface area contributed by atoms with E-state index in [1.807, 2.05) is 61.2 Å². The van der Waals surface area contributed by atoms with Crippen molar-refractivity contribution in [2.45, 2.75) is 26.8 Å². The molecule has 26 heavy (non-hydrogen) atoms. The number of carbonyl (C=O) groups excluding carboxylic acids is 1. The Bertz CT molecular complexity index is 976. The molecule has 1 amide bonds. The molecule has 0 saturated carbocycles. The SMILES string of the molecule is Cc1ccc(C(=O)N2CCc3noc(-c4ccc(Cl)cc4)c3C2)cc1C. The predicted octanol–water partition coefficient (Wildman–Crippen LogP) is 4.81. The van der Waals surface area contributed by atoms with E-state index in [0.29, 0.717) is 30.3 Å². The zero-order chi connectivity index (χ0) is 18.3. The maximum absolute atomic E-state index is 12.9. The molecule has 1 aliphatic heterocycles. The molecule has 2 heterocycles. The molecule has 0 unspecified atom stereocenters. The summed E-state index contributed by atoms with van der Waals surface area (Å²) >= 11 is 5.97. The van der Waals surface area contributed by atoms with Crippen molar-refractivity contribution in [2.24, 2.45) is 0 Å². The summed E-state index contributed by atoms with van der Waals surface area (Å²) < 4.78 is 5.58. The van der Waals surface area contributed by atoms with Gasteiger partial charge in [0.1, 0.15) is 0 Å². The highest BCUT2D eigenvalue weighted by Crippen LogP contribution is 2.31. The third-order valence-corrected chi connectivity index (χ3v) is 5.24. The Morgan fingerprint density at radius 1 is 1.12 bits per heavy atom. The van der Waals surface area contributed by atoms with Crippen molar-refractivity contribution in [3.05, 3.63) is 75.4 Å². The zero-order valence-electron chi connectivity index (χ0n) is 14.8. The van der Waals surface area contributed by atoms with Gasteiger partial charge < -0.3 is 9.42 Å². The number of carbonyl (C=O) groups is 1. The van der Waals surface area contributed by atoms with Crippen LogP contribution in [0.1, 0.15) is 32.7 Å². The van der Waals surface area contributed by atoms with Gasteiger partial charge in [-0.15, -0.1) is 0 Å². The molecule has 2 aromatic carbocycles. The van der Waals surface area contributed by atoms with Crippen molar-refractivity contribution in [3.8, 4) is 11.3 Å². The van der Waals surface area contributed by atoms with Gasteiger partial charge in [-0.05, 0) is 61.4 Å². The molecule has 0 bridgehead atoms. The second-order valence-electron chi connectivity index (χ2n) is 6.72. The molecule has 0 saturated heterocycles. The lowest BCUT2D eigenvalue weighted by molar-refractivity contribution is 0.0734. The third-order valence-electron chi connectivity index (χ3n) is 4.98. The van der Waals surface area contributed by atoms with Crippen molar-refractivity contribution in [1.82, 2.24) is 10.1 Å². The molecule has 0 spiro atoms. The van der Waals surface area contributed by atoms with Crippen LogP contribution >= 0.6 is 11.6 Å². The lowest BCUT2D eigenvalue weighted by Crippen LogP contribution is -2.36. The van der Waals surface area contributed by atoms with Crippen LogP contribution in [0, 0.1) is 13.8 Å². The van der Waals surface area contributed by atoms with Crippen LogP contribution in [0.2, 0.25) is 5.02 Å². The highest BCUT2D eigenvalue weighted by atomic mass is 35.5. The molecule has 1 aromatic heterocycles. The standard InChI is InChI=1S/C21H19ClN2O2/c1-13-3-4-16(11-14(13)2)21(25)24-10-9-19-18(12-24)20(26-23-19)15-5-7-17(22)8-6-15/h3-8,11H,9-10,12H2,1-2H3. The van der Waals surface area contributed by atoms with Crippen LogP contribution < -0.4 is 0 Å². The lowest BCUT2D eigenvalue weighted by atomic mass is 10.00. The van der Waals surface area contributed by atoms with Gasteiger partial charge in [0, 0.05) is 34.7 Å². The molecule has 5 heteroatoms. The average molecular weight is 367 g/mol. The van der Waals surface area contributed by atoms with E-state index >= 15 is 0 Å². The van der Waals surface area contributed by atoms with Crippen LogP contribution in [0.4, 0.5) is 0 Å². The van der Waals surface area contributed by atoms with Gasteiger partial charge in [0.15, 0.2) is 5.76 Å². The quantitative estimate of drug-likeness (QED) is 0.653. The summed E-state index contributed by atoms with van der Waals surface area (Å²) in [5.74, 6) is 0.760. The van der Waals surface area contributed by atoms with Crippen molar-refractivity contribution >= 4 is 17.5 Å². The zero-order valence-corrected chi connectivity index (χ0v) is 15.5. The summed E-state index contributed by atoms with van der Waals surface area (Å²) in [7, 11) is 0. The Kier molecular flexibility index (Phi) is 4.29. The number of rotatable bonds is 2. The molecule has 1 aliphatic rings. The average Bonchev–Trinajstić information content (AvgIpc) is 3.07. The Morgan fingerprint density at radius 2 is 1.88 bits per heavy atom. The summed E-state index contributed by atoms with van der Waals surface area (Å²) in [6.07, 6.45) is 0.697. The fourth-order valence-electron chi connectivity index (χ4n) is 3.27. The summed E-state index contributed by atoms with van der Waals surface area (Å²) in [5, 5.41) is 4.88. The number of benzene rings is 2. The maximum Gasteiger partial charge on any atom is 0.254 e. The molecule has 4 rings (SSSR count). The van der Waals surface area contributed by atoms with Crippen LogP contribution in [0.5, 0.6) is 0 Å². The van der Waals surface area contributed by atoms with E-state index in [0.717, 1.165) is 27.9 Å². The van der Waals surface area contributed by atoms with E-state index in [1.165, 1.54) is 5.56 Å². The van der Waals surface area contributed by atoms with Crippen molar-refractivity contribution < 1.29 is 9.32 Å². The molecule has 0 N–H and O–H groups in total. The van der Waals surface area contributed by atoms with Crippen molar-refractivity contribution in [1.29, 1.82) is 0 Å². The first kappa shape index (κ1) is 16.9. The Labute approximate surface area is 157 Å². The lowest BCUT2D eigenvalue weighted by Gasteiger charge is -2.26. The van der Waals surface area contributed by atoms with Crippen molar-refractivity contribution in [2.75, 3.05) is 6.54 Å². The first-order chi connectivity index (χ1) is 12.5. The highest BCUT2D eigenvalue weighted by Gasteiger charge is 2.28. The van der Waals surface area contributed by atoms with Crippen LogP contribution in [0.25, 0.3) is 11.3 Å². The number of hydrogen-bond donors (Lipinski definition) is 0. The normalized spacial score (nSPS) is 13.6. The molecule has 0 fully saturated rings. The highest BCUT2D eigenvalue weighted by molar-refractivity contribution is 6.30. The first-order valence-corrected chi connectivity index (χ1v) is 9.00. The summed E-state index contributed by atoms with van der Waals surface area (Å²) in [6, 6.07) is 13.3. The van der Waals surface area contributed by atoms with Gasteiger partial charge in [0.25, 0.3) is 5.91 Å². The largest absolute Gasteiger partial charge is 0.356 e. The molecule has 0 aliphatic carbocycles. The topological polar surface area (TPSA) is 46.3 Å². The molecule has 4 nitrogen and oxygen atoms in total. The number of amides is 1. The number of aromatic nitrogens is 1. The number of hydrogen-bond acceptors (Lipinski definition) is 3. The van der Waals surface area contributed by atoms with Crippen molar-refractivity contribution in [3.63, 3.8) is 0 Å². The van der Waals surface area contributed by atoms with Crippen LogP contribution in [-0.4, -0.2) is 22.5 Å². The third kappa shape index (κ3) is 3.01. The van der Waals surface area contributed by atoms with E-state index < -0.39 is 0 Å². The van der Waals surface area contributed by atoms with E-state index in [4.69, 9.17) is 16.1 Å². The minimum absolute atomic E-state index is 0.0435. The Hall–Kier alpha value is -2.59. The predicted molar refractivity (Wildman–Crippen MR) is 101 cm³/mol. The second kappa shape index (κ2) is 6.61. The number of aryl methyl sites for hydroxylation is 2. The van der Waals surface area contributed by atoms with Gasteiger partial charge >= 0.3 is 0 Å². The molecule has 3 aromatic rings. The van der Waals surface area contributed by atoms with Crippen LogP contribution in [0.15, 0.2) is 47.0 Å². The second-order valence-corrected chi connectivity index (χ2v) is 7.16. The monoisotopic (exact) mass is 366 g/mol. The number of halogens is 1. The molecular weight excluding hydrogens is 348 g/mol. The maximum atomic E-state index is 12.9. The molecular formula is C21H19ClN2O2. The van der Waals surface area contributed by atoms with Gasteiger partial charge in [0.05, 0.1) is 12.2 Å². The molecule has 0 atom stereocenters. The van der Waals surface area contributed by atoms with Crippen LogP contribution in [-0.2, 0) is 13.0 Å². The summed E-state index contributed by atoms with van der Waals surface area (Å²) in [4.78, 5) is 14.8. The minimum Gasteiger partial charge on any atom is -0.356 e. The fraction of sp³-hybridized carbons (Fsp3) is 0.238. The van der Waals surface area contributed by atoms with Gasteiger partial charge in [-0.25, -0.2) is 0 Å². The van der Waals surface area contributed by atoms with Gasteiger partial charge in [-0.3, -0.25) is 4.79 Å². The minimum atomic E-state index is 0.0435. The number of fused-ring (bicyclic) bond motifs is 1. The van der Waals surface area contributed by atoms with E-state index in [1.54, 1.807) is 0 Å². The van der Waals surface area contributed by atoms with Gasteiger partial charge in [-0.2, -0.15) is 0 Å². The summed E-state index contributed by atoms with van der Waals surface area (Å²) in [6.45, 7) is 5.22. The smallest absolute Gasteiger partial charge is 0.254 e. The van der Waals surface area contributed by atoms with E-state index in [9.17, 15) is 4.79 Å². The van der Waals surface area contributed by atoms with E-state index in [2.05, 4.69) is 5.16 Å². The van der Waals surface area contributed by atoms with Crippen LogP contribution in [0.3, 0.4) is 0 Å².